The molecule has 0 fully saturated rings. The quantitative estimate of drug-likeness (QED) is 0.0425. The highest BCUT2D eigenvalue weighted by atomic mass is 16.3. The van der Waals surface area contributed by atoms with Crippen LogP contribution in [0.4, 0.5) is 102 Å². The van der Waals surface area contributed by atoms with Crippen LogP contribution in [0.5, 0.6) is 0 Å². The zero-order valence-electron chi connectivity index (χ0n) is 84.5. The summed E-state index contributed by atoms with van der Waals surface area (Å²) in [6, 6.07) is 192. The smallest absolute Gasteiger partial charge is 0.159 e. The first-order chi connectivity index (χ1) is 74.0. The number of para-hydroxylation sites is 10. The third-order valence-electron chi connectivity index (χ3n) is 29.5. The molecule has 0 bridgehead atoms. The number of anilines is 18. The largest absolute Gasteiger partial charge is 0.454 e. The van der Waals surface area contributed by atoms with Gasteiger partial charge in [0.05, 0.1) is 45.5 Å². The molecule has 0 saturated heterocycles. The van der Waals surface area contributed by atoms with Crippen LogP contribution >= 0.6 is 0 Å². The molecule has 0 aliphatic rings. The summed E-state index contributed by atoms with van der Waals surface area (Å²) in [4.78, 5) is 14.4. The van der Waals surface area contributed by atoms with Crippen molar-refractivity contribution in [1.29, 1.82) is 0 Å². The first-order valence-electron chi connectivity index (χ1n) is 51.9. The SMILES string of the molecule is CC(C)c1ccc(N(c2cc3c4ccccc4c(N(c4ccc(C(C)C)cc4)c4cccc5c4oc4ccccc45)cc3c3ccccc23)c2cccc3c2oc2ccccc23)cc1.Cc1ccc(N(c2ccccc2)c2cc3c4ccccc4c(N(c4ccccc4)c4ccc(C)cc4)cc3c3ccccc23)cc1.c1ccc(N(c2ccccc2)c2c3ccccc3c(N(c3ccccc3)c3ccccc3)c3ccccc23)cc1. The molecule has 0 saturated carbocycles. The maximum Gasteiger partial charge on any atom is 0.159 e. The van der Waals surface area contributed by atoms with Crippen LogP contribution in [0.15, 0.2) is 543 Å². The molecule has 150 heavy (non-hydrogen) atoms. The maximum atomic E-state index is 6.78. The molecule has 0 spiro atoms. The Morgan fingerprint density at radius 1 is 0.147 bits per heavy atom. The Kier molecular flexibility index (Phi) is 24.5. The summed E-state index contributed by atoms with van der Waals surface area (Å²) in [5.74, 6) is 0.824. The van der Waals surface area contributed by atoms with E-state index in [9.17, 15) is 0 Å². The summed E-state index contributed by atoms with van der Waals surface area (Å²) >= 11 is 0. The van der Waals surface area contributed by atoms with Gasteiger partial charge in [0.1, 0.15) is 11.2 Å². The van der Waals surface area contributed by atoms with E-state index in [2.05, 4.69) is 593 Å². The van der Waals surface area contributed by atoms with Gasteiger partial charge < -0.3 is 38.2 Å². The fourth-order valence-corrected chi connectivity index (χ4v) is 22.3. The molecule has 2 aromatic heterocycles. The lowest BCUT2D eigenvalue weighted by atomic mass is 9.93. The van der Waals surface area contributed by atoms with Gasteiger partial charge in [-0.15, -0.1) is 0 Å². The van der Waals surface area contributed by atoms with E-state index in [0.717, 1.165) is 146 Å². The molecule has 0 aliphatic heterocycles. The van der Waals surface area contributed by atoms with E-state index in [4.69, 9.17) is 8.83 Å². The van der Waals surface area contributed by atoms with Gasteiger partial charge in [-0.25, -0.2) is 0 Å². The lowest BCUT2D eigenvalue weighted by Gasteiger charge is -2.32. The Balaban J connectivity index is 0.000000120. The van der Waals surface area contributed by atoms with Gasteiger partial charge in [0.25, 0.3) is 0 Å². The first-order valence-corrected chi connectivity index (χ1v) is 51.9. The Morgan fingerprint density at radius 2 is 0.347 bits per heavy atom. The average molecular weight is 1930 g/mol. The van der Waals surface area contributed by atoms with Crippen LogP contribution in [0.1, 0.15) is 61.8 Å². The van der Waals surface area contributed by atoms with Gasteiger partial charge in [-0.3, -0.25) is 0 Å². The fourth-order valence-electron chi connectivity index (χ4n) is 22.3. The molecule has 0 amide bonds. The molecule has 25 aromatic carbocycles. The molecule has 0 radical (unpaired) electrons. The van der Waals surface area contributed by atoms with Gasteiger partial charge in [0, 0.05) is 122 Å². The zero-order valence-corrected chi connectivity index (χ0v) is 84.5. The standard InChI is InChI=1S/C60H46N2O2.C44H34N2.C38H28N2/c1-37(2)39-27-31-41(32-28-39)61(53-23-13-21-49-47-19-9-11-25-57(47)63-59(49)53)55-35-51-44-16-6-8-18-46(44)56(36-52(51)43-15-5-7-17-45(43)55)62(42-33-29-40(30-34-42)38(3)4)54-24-14-22-50-48-20-10-12-26-58(48)64-60(50)54;1-31-21-25-35(26-22-31)45(33-13-5-3-6-14-33)43-29-41-38-18-10-12-20-40(38)44(30-42(41)37-17-9-11-19-39(37)43)46(34-15-7-4-8-16-34)36-27-23-32(2)24-28-36;1-5-17-29(18-6-1)39(30-19-7-2-8-20-30)37-33-25-13-15-27-35(33)38(36-28-16-14-26-34(36)37)40(31-21-9-3-10-22-31)32-23-11-4-12-24-32/h5-38H,1-4H3;3-30H,1-2H3;1-28H. The molecular formula is C142H108N6O2. The number of nitrogens with zero attached hydrogens (tertiary/aromatic N) is 6. The minimum absolute atomic E-state index is 0.412. The Labute approximate surface area is 873 Å². The third-order valence-corrected chi connectivity index (χ3v) is 29.5. The molecular weight excluding hydrogens is 1820 g/mol. The van der Waals surface area contributed by atoms with Crippen LogP contribution in [0.25, 0.3) is 130 Å². The van der Waals surface area contributed by atoms with Crippen molar-refractivity contribution >= 4 is 232 Å². The van der Waals surface area contributed by atoms with Gasteiger partial charge in [-0.05, 0) is 250 Å². The molecule has 8 heteroatoms. The highest BCUT2D eigenvalue weighted by Gasteiger charge is 2.31. The second-order valence-corrected chi connectivity index (χ2v) is 39.4. The molecule has 718 valence electrons. The summed E-state index contributed by atoms with van der Waals surface area (Å²) < 4.78 is 13.6. The van der Waals surface area contributed by atoms with Crippen molar-refractivity contribution in [2.75, 3.05) is 29.4 Å². The summed E-state index contributed by atoms with van der Waals surface area (Å²) in [5, 5.41) is 23.5. The van der Waals surface area contributed by atoms with Crippen molar-refractivity contribution < 1.29 is 8.83 Å². The van der Waals surface area contributed by atoms with Gasteiger partial charge in [0.2, 0.25) is 0 Å². The predicted octanol–water partition coefficient (Wildman–Crippen LogP) is 41.8. The normalized spacial score (nSPS) is 11.5. The van der Waals surface area contributed by atoms with Crippen molar-refractivity contribution in [2.45, 2.75) is 53.4 Å². The van der Waals surface area contributed by atoms with E-state index in [0.29, 0.717) is 11.8 Å². The van der Waals surface area contributed by atoms with Crippen molar-refractivity contribution in [1.82, 2.24) is 0 Å². The zero-order chi connectivity index (χ0) is 101. The molecule has 0 atom stereocenters. The number of furan rings is 2. The van der Waals surface area contributed by atoms with Crippen LogP contribution < -0.4 is 29.4 Å². The number of rotatable bonds is 20. The van der Waals surface area contributed by atoms with Crippen molar-refractivity contribution in [3.63, 3.8) is 0 Å². The van der Waals surface area contributed by atoms with Crippen LogP contribution in [0.3, 0.4) is 0 Å². The second-order valence-electron chi connectivity index (χ2n) is 39.4. The van der Waals surface area contributed by atoms with E-state index in [1.165, 1.54) is 109 Å². The van der Waals surface area contributed by atoms with Crippen LogP contribution in [0, 0.1) is 13.8 Å². The van der Waals surface area contributed by atoms with E-state index < -0.39 is 0 Å². The maximum absolute atomic E-state index is 6.78. The van der Waals surface area contributed by atoms with Crippen LogP contribution in [-0.2, 0) is 0 Å². The molecule has 0 unspecified atom stereocenters. The highest BCUT2D eigenvalue weighted by molar-refractivity contribution is 6.29. The summed E-state index contributed by atoms with van der Waals surface area (Å²) in [6.45, 7) is 13.3. The average Bonchev–Trinajstić information content (AvgIpc) is 0.995. The van der Waals surface area contributed by atoms with Crippen molar-refractivity contribution in [2.24, 2.45) is 0 Å². The number of fused-ring (bicyclic) bond motifs is 18. The molecule has 27 rings (SSSR count). The number of benzene rings is 25. The van der Waals surface area contributed by atoms with E-state index in [1.54, 1.807) is 0 Å². The lowest BCUT2D eigenvalue weighted by molar-refractivity contribution is 0.669. The second kappa shape index (κ2) is 39.8. The predicted molar refractivity (Wildman–Crippen MR) is 640 cm³/mol. The Bertz CT molecular complexity index is 8970. The molecule has 0 aliphatic carbocycles. The van der Waals surface area contributed by atoms with Gasteiger partial charge in [0.15, 0.2) is 11.2 Å². The molecule has 27 aromatic rings. The van der Waals surface area contributed by atoms with Crippen molar-refractivity contribution in [3.8, 4) is 0 Å². The van der Waals surface area contributed by atoms with Gasteiger partial charge >= 0.3 is 0 Å². The fraction of sp³-hybridized carbons (Fsp3) is 0.0563. The monoisotopic (exact) mass is 1930 g/mol. The summed E-state index contributed by atoms with van der Waals surface area (Å²) in [6.07, 6.45) is 0. The molecule has 0 N–H and O–H groups in total. The molecule has 2 heterocycles. The first kappa shape index (κ1) is 92.1. The summed E-state index contributed by atoms with van der Waals surface area (Å²) in [7, 11) is 0. The Morgan fingerprint density at radius 3 is 0.613 bits per heavy atom. The topological polar surface area (TPSA) is 45.7 Å². The minimum atomic E-state index is 0.412. The highest BCUT2D eigenvalue weighted by Crippen LogP contribution is 2.56. The van der Waals surface area contributed by atoms with E-state index in [1.807, 2.05) is 12.1 Å². The van der Waals surface area contributed by atoms with Crippen LogP contribution in [-0.4, -0.2) is 0 Å². The van der Waals surface area contributed by atoms with Crippen LogP contribution in [0.2, 0.25) is 0 Å². The lowest BCUT2D eigenvalue weighted by Crippen LogP contribution is -2.14. The van der Waals surface area contributed by atoms with E-state index >= 15 is 0 Å². The minimum Gasteiger partial charge on any atom is -0.454 e. The van der Waals surface area contributed by atoms with Crippen molar-refractivity contribution in [3.05, 3.63) is 556 Å². The number of hydrogen-bond donors (Lipinski definition) is 0. The number of aryl methyl sites for hydroxylation is 2. The molecule has 8 nitrogen and oxygen atoms in total. The summed E-state index contributed by atoms with van der Waals surface area (Å²) in [5.41, 5.74) is 28.6. The van der Waals surface area contributed by atoms with E-state index in [-0.39, 0.29) is 0 Å². The van der Waals surface area contributed by atoms with Gasteiger partial charge in [-0.1, -0.05) is 403 Å². The number of hydrogen-bond acceptors (Lipinski definition) is 8. The third kappa shape index (κ3) is 17.0. The van der Waals surface area contributed by atoms with Gasteiger partial charge in [-0.2, -0.15) is 0 Å². The Hall–Kier alpha value is -19.0.